The van der Waals surface area contributed by atoms with Gasteiger partial charge in [-0.3, -0.25) is 4.90 Å². The SMILES string of the molecule is CCC1CCCCN1CCC#N. The van der Waals surface area contributed by atoms with Crippen molar-refractivity contribution >= 4 is 0 Å². The zero-order valence-corrected chi connectivity index (χ0v) is 7.92. The van der Waals surface area contributed by atoms with E-state index in [0.717, 1.165) is 12.6 Å². The molecule has 1 heterocycles. The molecule has 68 valence electrons. The number of hydrogen-bond acceptors (Lipinski definition) is 2. The summed E-state index contributed by atoms with van der Waals surface area (Å²) < 4.78 is 0. The fourth-order valence-corrected chi connectivity index (χ4v) is 2.01. The van der Waals surface area contributed by atoms with Gasteiger partial charge in [0.25, 0.3) is 0 Å². The molecule has 0 bridgehead atoms. The Kier molecular flexibility index (Phi) is 4.10. The Bertz CT molecular complexity index is 160. The van der Waals surface area contributed by atoms with E-state index in [1.807, 2.05) is 0 Å². The van der Waals surface area contributed by atoms with Crippen molar-refractivity contribution in [3.8, 4) is 6.07 Å². The maximum Gasteiger partial charge on any atom is 0.0635 e. The average molecular weight is 166 g/mol. The van der Waals surface area contributed by atoms with Gasteiger partial charge in [0.2, 0.25) is 0 Å². The lowest BCUT2D eigenvalue weighted by molar-refractivity contribution is 0.147. The van der Waals surface area contributed by atoms with Crippen molar-refractivity contribution in [2.45, 2.75) is 45.1 Å². The monoisotopic (exact) mass is 166 g/mol. The molecule has 1 fully saturated rings. The van der Waals surface area contributed by atoms with Crippen molar-refractivity contribution in [2.75, 3.05) is 13.1 Å². The third-order valence-corrected chi connectivity index (χ3v) is 2.73. The molecule has 0 aliphatic carbocycles. The van der Waals surface area contributed by atoms with E-state index in [9.17, 15) is 0 Å². The van der Waals surface area contributed by atoms with Crippen LogP contribution >= 0.6 is 0 Å². The van der Waals surface area contributed by atoms with E-state index in [1.54, 1.807) is 0 Å². The second-order valence-electron chi connectivity index (χ2n) is 3.50. The van der Waals surface area contributed by atoms with Crippen LogP contribution in [0.2, 0.25) is 0 Å². The first-order valence-corrected chi connectivity index (χ1v) is 4.99. The van der Waals surface area contributed by atoms with Crippen molar-refractivity contribution in [1.29, 1.82) is 5.26 Å². The fourth-order valence-electron chi connectivity index (χ4n) is 2.01. The van der Waals surface area contributed by atoms with Gasteiger partial charge in [-0.2, -0.15) is 5.26 Å². The summed E-state index contributed by atoms with van der Waals surface area (Å²) in [6, 6.07) is 2.97. The molecule has 0 aromatic heterocycles. The largest absolute Gasteiger partial charge is 0.299 e. The standard InChI is InChI=1S/C10H18N2/c1-2-10-6-3-4-8-12(10)9-5-7-11/h10H,2-6,8-9H2,1H3. The minimum atomic E-state index is 0.691. The average Bonchev–Trinajstić information content (AvgIpc) is 2.15. The molecule has 2 heteroatoms. The van der Waals surface area contributed by atoms with E-state index in [4.69, 9.17) is 5.26 Å². The molecule has 1 unspecified atom stereocenters. The predicted molar refractivity (Wildman–Crippen MR) is 49.7 cm³/mol. The summed E-state index contributed by atoms with van der Waals surface area (Å²) in [6.07, 6.45) is 5.97. The van der Waals surface area contributed by atoms with Gasteiger partial charge in [-0.15, -0.1) is 0 Å². The summed E-state index contributed by atoms with van der Waals surface area (Å²) in [5.41, 5.74) is 0. The van der Waals surface area contributed by atoms with E-state index in [2.05, 4.69) is 17.9 Å². The van der Waals surface area contributed by atoms with Crippen LogP contribution in [-0.2, 0) is 0 Å². The zero-order valence-electron chi connectivity index (χ0n) is 7.92. The molecular formula is C10H18N2. The maximum absolute atomic E-state index is 8.48. The lowest BCUT2D eigenvalue weighted by Crippen LogP contribution is -2.39. The Morgan fingerprint density at radius 2 is 2.33 bits per heavy atom. The normalized spacial score (nSPS) is 25.2. The minimum absolute atomic E-state index is 0.691. The first-order valence-electron chi connectivity index (χ1n) is 4.99. The smallest absolute Gasteiger partial charge is 0.0635 e. The van der Waals surface area contributed by atoms with Crippen LogP contribution in [0.1, 0.15) is 39.0 Å². The third kappa shape index (κ3) is 2.49. The van der Waals surface area contributed by atoms with Crippen LogP contribution in [0.25, 0.3) is 0 Å². The Hall–Kier alpha value is -0.550. The molecule has 2 nitrogen and oxygen atoms in total. The number of hydrogen-bond donors (Lipinski definition) is 0. The lowest BCUT2D eigenvalue weighted by atomic mass is 10.00. The summed E-state index contributed by atoms with van der Waals surface area (Å²) in [7, 11) is 0. The van der Waals surface area contributed by atoms with E-state index < -0.39 is 0 Å². The first-order chi connectivity index (χ1) is 5.88. The summed E-state index contributed by atoms with van der Waals surface area (Å²) >= 11 is 0. The highest BCUT2D eigenvalue weighted by Crippen LogP contribution is 2.19. The molecule has 0 aromatic rings. The van der Waals surface area contributed by atoms with Crippen molar-refractivity contribution in [1.82, 2.24) is 4.90 Å². The number of nitrogens with zero attached hydrogens (tertiary/aromatic N) is 2. The molecule has 1 aliphatic heterocycles. The van der Waals surface area contributed by atoms with Crippen molar-refractivity contribution in [2.24, 2.45) is 0 Å². The lowest BCUT2D eigenvalue weighted by Gasteiger charge is -2.34. The number of likely N-dealkylation sites (tertiary alicyclic amines) is 1. The summed E-state index contributed by atoms with van der Waals surface area (Å²) in [5.74, 6) is 0. The number of piperidine rings is 1. The van der Waals surface area contributed by atoms with Crippen LogP contribution in [0, 0.1) is 11.3 Å². The van der Waals surface area contributed by atoms with Crippen molar-refractivity contribution in [3.63, 3.8) is 0 Å². The van der Waals surface area contributed by atoms with Gasteiger partial charge in [0.1, 0.15) is 0 Å². The summed E-state index contributed by atoms with van der Waals surface area (Å²) in [4.78, 5) is 2.48. The van der Waals surface area contributed by atoms with Gasteiger partial charge in [0, 0.05) is 19.0 Å². The van der Waals surface area contributed by atoms with Crippen molar-refractivity contribution < 1.29 is 0 Å². The number of nitriles is 1. The van der Waals surface area contributed by atoms with Gasteiger partial charge in [-0.1, -0.05) is 13.3 Å². The molecule has 1 rings (SSSR count). The third-order valence-electron chi connectivity index (χ3n) is 2.73. The van der Waals surface area contributed by atoms with Gasteiger partial charge in [0.15, 0.2) is 0 Å². The predicted octanol–water partition coefficient (Wildman–Crippen LogP) is 2.16. The highest BCUT2D eigenvalue weighted by atomic mass is 15.2. The molecule has 1 atom stereocenters. The molecular weight excluding hydrogens is 148 g/mol. The van der Waals surface area contributed by atoms with Crippen molar-refractivity contribution in [3.05, 3.63) is 0 Å². The van der Waals surface area contributed by atoms with Gasteiger partial charge in [0.05, 0.1) is 6.07 Å². The Labute approximate surface area is 75.2 Å². The Morgan fingerprint density at radius 1 is 1.50 bits per heavy atom. The summed E-state index contributed by atoms with van der Waals surface area (Å²) in [5, 5.41) is 8.48. The van der Waals surface area contributed by atoms with Gasteiger partial charge >= 0.3 is 0 Å². The molecule has 12 heavy (non-hydrogen) atoms. The zero-order chi connectivity index (χ0) is 8.81. The minimum Gasteiger partial charge on any atom is -0.299 e. The van der Waals surface area contributed by atoms with Crippen LogP contribution in [0.5, 0.6) is 0 Å². The Balaban J connectivity index is 2.32. The number of rotatable bonds is 3. The molecule has 0 saturated carbocycles. The molecule has 0 radical (unpaired) electrons. The second kappa shape index (κ2) is 5.16. The maximum atomic E-state index is 8.48. The van der Waals surface area contributed by atoms with E-state index >= 15 is 0 Å². The molecule has 0 amide bonds. The van der Waals surface area contributed by atoms with E-state index in [0.29, 0.717) is 6.42 Å². The molecule has 0 aromatic carbocycles. The van der Waals surface area contributed by atoms with Crippen LogP contribution in [0.4, 0.5) is 0 Å². The second-order valence-corrected chi connectivity index (χ2v) is 3.50. The van der Waals surface area contributed by atoms with Crippen LogP contribution in [-0.4, -0.2) is 24.0 Å². The molecule has 1 saturated heterocycles. The Morgan fingerprint density at radius 3 is 3.00 bits per heavy atom. The van der Waals surface area contributed by atoms with Crippen LogP contribution in [0.3, 0.4) is 0 Å². The topological polar surface area (TPSA) is 27.0 Å². The fraction of sp³-hybridized carbons (Fsp3) is 0.900. The van der Waals surface area contributed by atoms with Gasteiger partial charge in [-0.05, 0) is 25.8 Å². The first kappa shape index (κ1) is 9.54. The van der Waals surface area contributed by atoms with E-state index in [1.165, 1.54) is 32.2 Å². The highest BCUT2D eigenvalue weighted by Gasteiger charge is 2.19. The van der Waals surface area contributed by atoms with Gasteiger partial charge in [-0.25, -0.2) is 0 Å². The van der Waals surface area contributed by atoms with Crippen LogP contribution in [0.15, 0.2) is 0 Å². The summed E-state index contributed by atoms with van der Waals surface area (Å²) in [6.45, 7) is 4.44. The van der Waals surface area contributed by atoms with E-state index in [-0.39, 0.29) is 0 Å². The van der Waals surface area contributed by atoms with Gasteiger partial charge < -0.3 is 0 Å². The molecule has 0 N–H and O–H groups in total. The van der Waals surface area contributed by atoms with Crippen LogP contribution < -0.4 is 0 Å². The quantitative estimate of drug-likeness (QED) is 0.642. The highest BCUT2D eigenvalue weighted by molar-refractivity contribution is 4.79. The molecule has 0 spiro atoms. The molecule has 1 aliphatic rings.